The van der Waals surface area contributed by atoms with E-state index < -0.39 is 5.82 Å². The zero-order valence-electron chi connectivity index (χ0n) is 9.63. The number of rotatable bonds is 2. The number of carbonyl (C=O) groups is 2. The Morgan fingerprint density at radius 3 is 2.65 bits per heavy atom. The van der Waals surface area contributed by atoms with Crippen LogP contribution in [0.3, 0.4) is 0 Å². The van der Waals surface area contributed by atoms with Gasteiger partial charge in [-0.2, -0.15) is 0 Å². The Bertz CT molecular complexity index is 512. The second-order valence-corrected chi connectivity index (χ2v) is 3.46. The summed E-state index contributed by atoms with van der Waals surface area (Å²) in [7, 11) is 0. The summed E-state index contributed by atoms with van der Waals surface area (Å²) in [4.78, 5) is 21.8. The van der Waals surface area contributed by atoms with Crippen LogP contribution in [0.15, 0.2) is 18.2 Å². The molecule has 1 aromatic rings. The summed E-state index contributed by atoms with van der Waals surface area (Å²) in [5.41, 5.74) is 0.713. The Morgan fingerprint density at radius 1 is 1.35 bits per heavy atom. The average Bonchev–Trinajstić information content (AvgIpc) is 2.23. The van der Waals surface area contributed by atoms with E-state index in [-0.39, 0.29) is 18.2 Å². The highest BCUT2D eigenvalue weighted by Gasteiger charge is 2.05. The standard InChI is InChI=1S/C13H12FNO2/c1-9(16)13-6-5-12(14)8-11(13)4-3-7-15-10(2)17/h5-6,8H,7H2,1-2H3,(H,15,17). The SMILES string of the molecule is CC(=O)NCC#Cc1cc(F)ccc1C(C)=O. The smallest absolute Gasteiger partial charge is 0.217 e. The summed E-state index contributed by atoms with van der Waals surface area (Å²) >= 11 is 0. The minimum atomic E-state index is -0.446. The van der Waals surface area contributed by atoms with Crippen molar-refractivity contribution in [2.75, 3.05) is 6.54 Å². The van der Waals surface area contributed by atoms with Crippen molar-refractivity contribution in [2.45, 2.75) is 13.8 Å². The minimum absolute atomic E-state index is 0.170. The van der Waals surface area contributed by atoms with Crippen LogP contribution in [0.1, 0.15) is 29.8 Å². The summed E-state index contributed by atoms with van der Waals surface area (Å²) in [6, 6.07) is 3.83. The molecule has 1 N–H and O–H groups in total. The lowest BCUT2D eigenvalue weighted by atomic mass is 10.0. The van der Waals surface area contributed by atoms with Crippen molar-refractivity contribution in [1.29, 1.82) is 0 Å². The number of ketones is 1. The van der Waals surface area contributed by atoms with Crippen molar-refractivity contribution in [3.8, 4) is 11.8 Å². The summed E-state index contributed by atoms with van der Waals surface area (Å²) in [5.74, 6) is 4.51. The van der Waals surface area contributed by atoms with E-state index in [1.807, 2.05) is 0 Å². The van der Waals surface area contributed by atoms with Crippen LogP contribution in [0.25, 0.3) is 0 Å². The molecule has 0 saturated heterocycles. The third kappa shape index (κ3) is 4.07. The van der Waals surface area contributed by atoms with Crippen molar-refractivity contribution >= 4 is 11.7 Å². The Morgan fingerprint density at radius 2 is 2.06 bits per heavy atom. The molecule has 0 heterocycles. The number of benzene rings is 1. The quantitative estimate of drug-likeness (QED) is 0.621. The maximum atomic E-state index is 13.0. The van der Waals surface area contributed by atoms with E-state index >= 15 is 0 Å². The molecule has 0 saturated carbocycles. The molecule has 4 heteroatoms. The van der Waals surface area contributed by atoms with Gasteiger partial charge < -0.3 is 5.32 Å². The number of halogens is 1. The highest BCUT2D eigenvalue weighted by molar-refractivity contribution is 5.96. The van der Waals surface area contributed by atoms with Crippen molar-refractivity contribution < 1.29 is 14.0 Å². The number of hydrogen-bond acceptors (Lipinski definition) is 2. The van der Waals surface area contributed by atoms with Gasteiger partial charge in [0.1, 0.15) is 5.82 Å². The third-order valence-corrected chi connectivity index (χ3v) is 2.01. The van der Waals surface area contributed by atoms with Gasteiger partial charge in [-0.05, 0) is 25.1 Å². The molecule has 0 aliphatic rings. The summed E-state index contributed by atoms with van der Waals surface area (Å²) in [6.45, 7) is 2.94. The fourth-order valence-corrected chi connectivity index (χ4v) is 1.23. The molecule has 0 bridgehead atoms. The van der Waals surface area contributed by atoms with Crippen molar-refractivity contribution in [3.63, 3.8) is 0 Å². The van der Waals surface area contributed by atoms with E-state index in [1.54, 1.807) is 0 Å². The van der Waals surface area contributed by atoms with Gasteiger partial charge >= 0.3 is 0 Å². The van der Waals surface area contributed by atoms with E-state index in [1.165, 1.54) is 32.0 Å². The van der Waals surface area contributed by atoms with Crippen molar-refractivity contribution in [2.24, 2.45) is 0 Å². The number of Topliss-reactive ketones (excluding diaryl/α,β-unsaturated/α-hetero) is 1. The van der Waals surface area contributed by atoms with Crippen molar-refractivity contribution in [1.82, 2.24) is 5.32 Å². The zero-order chi connectivity index (χ0) is 12.8. The van der Waals surface area contributed by atoms with Crippen LogP contribution in [-0.4, -0.2) is 18.2 Å². The first-order valence-electron chi connectivity index (χ1n) is 5.04. The molecule has 0 aliphatic carbocycles. The Hall–Kier alpha value is -2.15. The molecule has 17 heavy (non-hydrogen) atoms. The Labute approximate surface area is 99.0 Å². The van der Waals surface area contributed by atoms with E-state index in [0.717, 1.165) is 0 Å². The van der Waals surface area contributed by atoms with E-state index in [0.29, 0.717) is 11.1 Å². The van der Waals surface area contributed by atoms with Crippen molar-refractivity contribution in [3.05, 3.63) is 35.1 Å². The monoisotopic (exact) mass is 233 g/mol. The fourth-order valence-electron chi connectivity index (χ4n) is 1.23. The van der Waals surface area contributed by atoms with E-state index in [4.69, 9.17) is 0 Å². The third-order valence-electron chi connectivity index (χ3n) is 2.01. The molecule has 0 radical (unpaired) electrons. The fraction of sp³-hybridized carbons (Fsp3) is 0.231. The summed E-state index contributed by atoms with van der Waals surface area (Å²) in [5, 5.41) is 2.49. The summed E-state index contributed by atoms with van der Waals surface area (Å²) in [6.07, 6.45) is 0. The molecule has 0 fully saturated rings. The van der Waals surface area contributed by atoms with Gasteiger partial charge in [-0.25, -0.2) is 4.39 Å². The van der Waals surface area contributed by atoms with Gasteiger partial charge in [0.25, 0.3) is 0 Å². The van der Waals surface area contributed by atoms with Gasteiger partial charge in [0.2, 0.25) is 5.91 Å². The van der Waals surface area contributed by atoms with Gasteiger partial charge in [-0.3, -0.25) is 9.59 Å². The normalized spacial score (nSPS) is 9.12. The largest absolute Gasteiger partial charge is 0.345 e. The number of amides is 1. The molecule has 88 valence electrons. The molecule has 0 unspecified atom stereocenters. The molecule has 1 aromatic carbocycles. The maximum Gasteiger partial charge on any atom is 0.217 e. The van der Waals surface area contributed by atoms with Crippen LogP contribution in [0, 0.1) is 17.7 Å². The van der Waals surface area contributed by atoms with Gasteiger partial charge in [0.05, 0.1) is 6.54 Å². The van der Waals surface area contributed by atoms with Gasteiger partial charge in [-0.1, -0.05) is 11.8 Å². The van der Waals surface area contributed by atoms with Crippen LogP contribution in [-0.2, 0) is 4.79 Å². The zero-order valence-corrected chi connectivity index (χ0v) is 9.63. The molecule has 0 aromatic heterocycles. The first kappa shape index (κ1) is 12.9. The van der Waals surface area contributed by atoms with E-state index in [9.17, 15) is 14.0 Å². The lowest BCUT2D eigenvalue weighted by Crippen LogP contribution is -2.19. The predicted octanol–water partition coefficient (Wildman–Crippen LogP) is 1.52. The average molecular weight is 233 g/mol. The van der Waals surface area contributed by atoms with Gasteiger partial charge in [0.15, 0.2) is 5.78 Å². The number of hydrogen-bond donors (Lipinski definition) is 1. The molecule has 0 atom stereocenters. The molecule has 0 aliphatic heterocycles. The molecular formula is C13H12FNO2. The van der Waals surface area contributed by atoms with E-state index in [2.05, 4.69) is 17.2 Å². The lowest BCUT2D eigenvalue weighted by Gasteiger charge is -2.00. The second kappa shape index (κ2) is 5.80. The molecular weight excluding hydrogens is 221 g/mol. The van der Waals surface area contributed by atoms with Crippen LogP contribution in [0.5, 0.6) is 0 Å². The lowest BCUT2D eigenvalue weighted by molar-refractivity contribution is -0.118. The molecule has 1 amide bonds. The van der Waals surface area contributed by atoms with Crippen LogP contribution >= 0.6 is 0 Å². The summed E-state index contributed by atoms with van der Waals surface area (Å²) < 4.78 is 13.0. The van der Waals surface area contributed by atoms with Crippen LogP contribution < -0.4 is 5.32 Å². The van der Waals surface area contributed by atoms with Gasteiger partial charge in [0, 0.05) is 18.1 Å². The highest BCUT2D eigenvalue weighted by atomic mass is 19.1. The van der Waals surface area contributed by atoms with Crippen LogP contribution in [0.2, 0.25) is 0 Å². The molecule has 0 spiro atoms. The first-order chi connectivity index (χ1) is 8.00. The van der Waals surface area contributed by atoms with Gasteiger partial charge in [-0.15, -0.1) is 0 Å². The Kier molecular flexibility index (Phi) is 4.41. The number of carbonyl (C=O) groups excluding carboxylic acids is 2. The Balaban J connectivity index is 2.92. The minimum Gasteiger partial charge on any atom is -0.345 e. The molecule has 1 rings (SSSR count). The topological polar surface area (TPSA) is 46.2 Å². The maximum absolute atomic E-state index is 13.0. The predicted molar refractivity (Wildman–Crippen MR) is 62.0 cm³/mol. The van der Waals surface area contributed by atoms with Crippen LogP contribution in [0.4, 0.5) is 4.39 Å². The molecule has 3 nitrogen and oxygen atoms in total. The highest BCUT2D eigenvalue weighted by Crippen LogP contribution is 2.10. The first-order valence-corrected chi connectivity index (χ1v) is 5.04. The second-order valence-electron chi connectivity index (χ2n) is 3.46. The number of nitrogens with one attached hydrogen (secondary N) is 1.